The average molecular weight is 95.1 g/mol. The Morgan fingerprint density at radius 1 is 1.71 bits per heavy atom. The molecule has 0 bridgehead atoms. The highest BCUT2D eigenvalue weighted by atomic mass is 14.6. The van der Waals surface area contributed by atoms with E-state index in [2.05, 4.69) is 18.0 Å². The van der Waals surface area contributed by atoms with Gasteiger partial charge in [0.1, 0.15) is 0 Å². The van der Waals surface area contributed by atoms with Crippen molar-refractivity contribution >= 4 is 0 Å². The van der Waals surface area contributed by atoms with E-state index >= 15 is 0 Å². The highest BCUT2D eigenvalue weighted by Gasteiger charge is 1.81. The van der Waals surface area contributed by atoms with Crippen molar-refractivity contribution in [3.63, 3.8) is 0 Å². The van der Waals surface area contributed by atoms with Crippen molar-refractivity contribution in [2.75, 3.05) is 0 Å². The number of aromatic amines is 1. The lowest BCUT2D eigenvalue weighted by Crippen LogP contribution is -1.67. The van der Waals surface area contributed by atoms with Crippen LogP contribution in [-0.2, 0) is 6.42 Å². The molecule has 0 fully saturated rings. The maximum atomic E-state index is 2.98. The summed E-state index contributed by atoms with van der Waals surface area (Å²) in [7, 11) is 0. The molecule has 0 saturated carbocycles. The number of rotatable bonds is 1. The summed E-state index contributed by atoms with van der Waals surface area (Å²) in [5, 5.41) is 0. The number of aromatic nitrogens is 1. The second-order valence-corrected chi connectivity index (χ2v) is 1.57. The Morgan fingerprint density at radius 3 is 2.86 bits per heavy atom. The first kappa shape index (κ1) is 4.44. The summed E-state index contributed by atoms with van der Waals surface area (Å²) in [6, 6.07) is 2.08. The van der Waals surface area contributed by atoms with Crippen molar-refractivity contribution in [3.05, 3.63) is 24.0 Å². The molecule has 0 aliphatic rings. The van der Waals surface area contributed by atoms with Crippen LogP contribution in [-0.4, -0.2) is 4.98 Å². The lowest BCUT2D eigenvalue weighted by atomic mass is 10.3. The Labute approximate surface area is 43.4 Å². The summed E-state index contributed by atoms with van der Waals surface area (Å²) in [6.45, 7) is 2.14. The molecule has 0 aliphatic heterocycles. The highest BCUT2D eigenvalue weighted by Crippen LogP contribution is 1.94. The van der Waals surface area contributed by atoms with Gasteiger partial charge in [0, 0.05) is 12.4 Å². The van der Waals surface area contributed by atoms with Crippen LogP contribution in [0.25, 0.3) is 0 Å². The molecule has 1 aromatic rings. The number of hydrogen-bond donors (Lipinski definition) is 1. The van der Waals surface area contributed by atoms with E-state index in [1.54, 1.807) is 0 Å². The van der Waals surface area contributed by atoms with Gasteiger partial charge in [-0.25, -0.2) is 0 Å². The molecule has 0 radical (unpaired) electrons. The molecule has 1 aromatic heterocycles. The summed E-state index contributed by atoms with van der Waals surface area (Å²) >= 11 is 0. The Hall–Kier alpha value is -0.720. The van der Waals surface area contributed by atoms with E-state index in [9.17, 15) is 0 Å². The molecule has 38 valence electrons. The van der Waals surface area contributed by atoms with Gasteiger partial charge < -0.3 is 4.98 Å². The molecule has 1 N–H and O–H groups in total. The largest absolute Gasteiger partial charge is 0.367 e. The van der Waals surface area contributed by atoms with E-state index < -0.39 is 0 Å². The van der Waals surface area contributed by atoms with Crippen molar-refractivity contribution in [2.45, 2.75) is 13.3 Å². The molecule has 1 heteroatoms. The molecule has 0 unspecified atom stereocenters. The minimum atomic E-state index is 1.13. The van der Waals surface area contributed by atoms with Crippen molar-refractivity contribution in [2.24, 2.45) is 0 Å². The van der Waals surface area contributed by atoms with Gasteiger partial charge in [-0.15, -0.1) is 0 Å². The second-order valence-electron chi connectivity index (χ2n) is 1.57. The van der Waals surface area contributed by atoms with Crippen LogP contribution < -0.4 is 0 Å². The molecule has 0 aliphatic carbocycles. The zero-order valence-corrected chi connectivity index (χ0v) is 4.44. The first-order valence-corrected chi connectivity index (χ1v) is 2.55. The van der Waals surface area contributed by atoms with Crippen LogP contribution in [0.3, 0.4) is 0 Å². The fraction of sp³-hybridized carbons (Fsp3) is 0.333. The quantitative estimate of drug-likeness (QED) is 0.545. The van der Waals surface area contributed by atoms with E-state index in [4.69, 9.17) is 0 Å². The van der Waals surface area contributed by atoms with Crippen molar-refractivity contribution in [1.82, 2.24) is 4.98 Å². The van der Waals surface area contributed by atoms with Crippen molar-refractivity contribution < 1.29 is 0 Å². The predicted molar refractivity (Wildman–Crippen MR) is 30.2 cm³/mol. The lowest BCUT2D eigenvalue weighted by Gasteiger charge is -1.78. The number of aryl methyl sites for hydroxylation is 1. The minimum Gasteiger partial charge on any atom is -0.367 e. The van der Waals surface area contributed by atoms with Gasteiger partial charge in [0.25, 0.3) is 0 Å². The molecule has 1 heterocycles. The van der Waals surface area contributed by atoms with Crippen LogP contribution in [0.4, 0.5) is 0 Å². The SMILES string of the molecule is CCc1cc[nH]c1. The summed E-state index contributed by atoms with van der Waals surface area (Å²) in [6.07, 6.45) is 5.09. The van der Waals surface area contributed by atoms with Gasteiger partial charge in [-0.2, -0.15) is 0 Å². The number of H-pyrrole nitrogens is 1. The molecule has 7 heavy (non-hydrogen) atoms. The monoisotopic (exact) mass is 95.1 g/mol. The van der Waals surface area contributed by atoms with Gasteiger partial charge in [-0.1, -0.05) is 6.92 Å². The van der Waals surface area contributed by atoms with E-state index in [0.29, 0.717) is 0 Å². The standard InChI is InChI=1S/C6H9N/c1-2-6-3-4-7-5-6/h3-5,7H,2H2,1H3. The van der Waals surface area contributed by atoms with Gasteiger partial charge in [0.2, 0.25) is 0 Å². The molecule has 1 nitrogen and oxygen atoms in total. The molecule has 0 atom stereocenters. The van der Waals surface area contributed by atoms with Crippen LogP contribution >= 0.6 is 0 Å². The summed E-state index contributed by atoms with van der Waals surface area (Å²) in [4.78, 5) is 2.98. The minimum absolute atomic E-state index is 1.13. The first-order chi connectivity index (χ1) is 3.43. The fourth-order valence-corrected chi connectivity index (χ4v) is 0.578. The zero-order valence-electron chi connectivity index (χ0n) is 4.44. The van der Waals surface area contributed by atoms with Crippen LogP contribution in [0.1, 0.15) is 12.5 Å². The Morgan fingerprint density at radius 2 is 2.57 bits per heavy atom. The van der Waals surface area contributed by atoms with Crippen molar-refractivity contribution in [3.8, 4) is 0 Å². The smallest absolute Gasteiger partial charge is 0.00372 e. The van der Waals surface area contributed by atoms with E-state index in [1.165, 1.54) is 5.56 Å². The topological polar surface area (TPSA) is 15.8 Å². The normalized spacial score (nSPS) is 9.29. The van der Waals surface area contributed by atoms with Gasteiger partial charge >= 0.3 is 0 Å². The second kappa shape index (κ2) is 1.82. The van der Waals surface area contributed by atoms with Gasteiger partial charge in [-0.05, 0) is 18.1 Å². The summed E-state index contributed by atoms with van der Waals surface area (Å²) < 4.78 is 0. The third-order valence-corrected chi connectivity index (χ3v) is 1.07. The van der Waals surface area contributed by atoms with Gasteiger partial charge in [-0.3, -0.25) is 0 Å². The highest BCUT2D eigenvalue weighted by molar-refractivity contribution is 5.06. The number of hydrogen-bond acceptors (Lipinski definition) is 0. The molecule has 0 aromatic carbocycles. The Balaban J connectivity index is 2.76. The van der Waals surface area contributed by atoms with Crippen molar-refractivity contribution in [1.29, 1.82) is 0 Å². The fourth-order valence-electron chi connectivity index (χ4n) is 0.578. The summed E-state index contributed by atoms with van der Waals surface area (Å²) in [5.41, 5.74) is 1.38. The van der Waals surface area contributed by atoms with Crippen LogP contribution in [0.5, 0.6) is 0 Å². The first-order valence-electron chi connectivity index (χ1n) is 2.55. The average Bonchev–Trinajstić information content (AvgIpc) is 2.14. The van der Waals surface area contributed by atoms with Crippen LogP contribution in [0.2, 0.25) is 0 Å². The van der Waals surface area contributed by atoms with E-state index in [1.807, 2.05) is 12.4 Å². The predicted octanol–water partition coefficient (Wildman–Crippen LogP) is 1.58. The molecule has 0 amide bonds. The third-order valence-electron chi connectivity index (χ3n) is 1.07. The molecule has 1 rings (SSSR count). The van der Waals surface area contributed by atoms with Crippen LogP contribution in [0, 0.1) is 0 Å². The molecular weight excluding hydrogens is 86.1 g/mol. The van der Waals surface area contributed by atoms with Gasteiger partial charge in [0.15, 0.2) is 0 Å². The summed E-state index contributed by atoms with van der Waals surface area (Å²) in [5.74, 6) is 0. The van der Waals surface area contributed by atoms with Gasteiger partial charge in [0.05, 0.1) is 0 Å². The Bertz CT molecular complexity index is 119. The number of nitrogens with one attached hydrogen (secondary N) is 1. The van der Waals surface area contributed by atoms with Crippen LogP contribution in [0.15, 0.2) is 18.5 Å². The maximum Gasteiger partial charge on any atom is 0.00372 e. The third kappa shape index (κ3) is 0.829. The molecule has 0 spiro atoms. The van der Waals surface area contributed by atoms with E-state index in [-0.39, 0.29) is 0 Å². The maximum absolute atomic E-state index is 2.98. The lowest BCUT2D eigenvalue weighted by molar-refractivity contribution is 1.14. The van der Waals surface area contributed by atoms with E-state index in [0.717, 1.165) is 6.42 Å². The zero-order chi connectivity index (χ0) is 5.11. The molecule has 0 saturated heterocycles. The molecular formula is C6H9N. The Kier molecular flexibility index (Phi) is 1.16.